The minimum absolute atomic E-state index is 0.564. The van der Waals surface area contributed by atoms with Crippen molar-refractivity contribution in [3.05, 3.63) is 42.9 Å². The lowest BCUT2D eigenvalue weighted by Crippen LogP contribution is -2.38. The smallest absolute Gasteiger partial charge is 0.147 e. The molecule has 1 saturated carbocycles. The van der Waals surface area contributed by atoms with Crippen LogP contribution in [0, 0.1) is 11.8 Å². The normalized spacial score (nSPS) is 27.1. The molecule has 3 atom stereocenters. The first-order valence-corrected chi connectivity index (χ1v) is 8.26. The van der Waals surface area contributed by atoms with Crippen LogP contribution in [0.5, 0.6) is 0 Å². The summed E-state index contributed by atoms with van der Waals surface area (Å²) in [6.45, 7) is 3.29. The van der Waals surface area contributed by atoms with Crippen LogP contribution < -0.4 is 4.90 Å². The molecule has 0 amide bonds. The second kappa shape index (κ2) is 6.20. The van der Waals surface area contributed by atoms with Gasteiger partial charge in [-0.05, 0) is 24.7 Å². The van der Waals surface area contributed by atoms with Gasteiger partial charge in [-0.2, -0.15) is 0 Å². The molecule has 1 saturated heterocycles. The summed E-state index contributed by atoms with van der Waals surface area (Å²) in [5, 5.41) is 0. The van der Waals surface area contributed by atoms with E-state index in [9.17, 15) is 0 Å². The molecule has 6 nitrogen and oxygen atoms in total. The van der Waals surface area contributed by atoms with Crippen LogP contribution in [-0.2, 0) is 6.54 Å². The molecular weight excluding hydrogens is 288 g/mol. The molecule has 0 N–H and O–H groups in total. The van der Waals surface area contributed by atoms with Gasteiger partial charge in [0.2, 0.25) is 0 Å². The van der Waals surface area contributed by atoms with Gasteiger partial charge < -0.3 is 4.90 Å². The third kappa shape index (κ3) is 2.91. The summed E-state index contributed by atoms with van der Waals surface area (Å²) in [6.07, 6.45) is 13.4. The summed E-state index contributed by atoms with van der Waals surface area (Å²) >= 11 is 0. The Bertz CT molecular complexity index is 634. The maximum Gasteiger partial charge on any atom is 0.147 e. The Morgan fingerprint density at radius 2 is 1.96 bits per heavy atom. The van der Waals surface area contributed by atoms with Crippen LogP contribution in [0.4, 0.5) is 5.82 Å². The zero-order valence-corrected chi connectivity index (χ0v) is 13.4. The number of rotatable bonds is 4. The zero-order chi connectivity index (χ0) is 15.6. The van der Waals surface area contributed by atoms with Gasteiger partial charge in [0.1, 0.15) is 12.1 Å². The minimum Gasteiger partial charge on any atom is -0.355 e. The summed E-state index contributed by atoms with van der Waals surface area (Å²) in [5.74, 6) is 2.49. The van der Waals surface area contributed by atoms with Crippen LogP contribution in [0.25, 0.3) is 0 Å². The molecule has 6 heteroatoms. The van der Waals surface area contributed by atoms with Crippen LogP contribution >= 0.6 is 0 Å². The first-order valence-electron chi connectivity index (χ1n) is 8.26. The maximum atomic E-state index is 4.46. The van der Waals surface area contributed by atoms with Gasteiger partial charge in [0, 0.05) is 63.1 Å². The van der Waals surface area contributed by atoms with E-state index >= 15 is 0 Å². The SMILES string of the molecule is CN(c1cnccn1)[C@@H]1CC[C@@H]2CN(Cc3cncnc3)C[C@@H]21. The number of aromatic nitrogens is 4. The van der Waals surface area contributed by atoms with Crippen molar-refractivity contribution in [3.63, 3.8) is 0 Å². The second-order valence-electron chi connectivity index (χ2n) is 6.68. The summed E-state index contributed by atoms with van der Waals surface area (Å²) < 4.78 is 0. The van der Waals surface area contributed by atoms with Gasteiger partial charge in [0.15, 0.2) is 0 Å². The molecule has 4 rings (SSSR count). The number of anilines is 1. The van der Waals surface area contributed by atoms with Crippen molar-refractivity contribution in [1.82, 2.24) is 24.8 Å². The van der Waals surface area contributed by atoms with E-state index in [0.717, 1.165) is 24.8 Å². The van der Waals surface area contributed by atoms with Gasteiger partial charge in [0.05, 0.1) is 6.20 Å². The van der Waals surface area contributed by atoms with E-state index in [4.69, 9.17) is 0 Å². The monoisotopic (exact) mass is 310 g/mol. The average molecular weight is 310 g/mol. The third-order valence-electron chi connectivity index (χ3n) is 5.32. The van der Waals surface area contributed by atoms with Crippen molar-refractivity contribution >= 4 is 5.82 Å². The Kier molecular flexibility index (Phi) is 3.91. The molecule has 0 unspecified atom stereocenters. The number of hydrogen-bond donors (Lipinski definition) is 0. The molecule has 2 aliphatic rings. The molecule has 23 heavy (non-hydrogen) atoms. The van der Waals surface area contributed by atoms with Crippen molar-refractivity contribution in [1.29, 1.82) is 0 Å². The van der Waals surface area contributed by atoms with Gasteiger partial charge >= 0.3 is 0 Å². The summed E-state index contributed by atoms with van der Waals surface area (Å²) in [5.41, 5.74) is 1.20. The first kappa shape index (κ1) is 14.5. The van der Waals surface area contributed by atoms with Gasteiger partial charge in [-0.3, -0.25) is 9.88 Å². The van der Waals surface area contributed by atoms with Gasteiger partial charge in [-0.1, -0.05) is 0 Å². The summed E-state index contributed by atoms with van der Waals surface area (Å²) in [6, 6.07) is 0.564. The zero-order valence-electron chi connectivity index (χ0n) is 13.4. The van der Waals surface area contributed by atoms with E-state index in [1.54, 1.807) is 18.7 Å². The lowest BCUT2D eigenvalue weighted by atomic mass is 9.97. The van der Waals surface area contributed by atoms with Crippen LogP contribution in [0.3, 0.4) is 0 Å². The highest BCUT2D eigenvalue weighted by atomic mass is 15.2. The molecule has 2 aromatic heterocycles. The maximum absolute atomic E-state index is 4.46. The summed E-state index contributed by atoms with van der Waals surface area (Å²) in [4.78, 5) is 21.8. The fourth-order valence-electron chi connectivity index (χ4n) is 4.25. The van der Waals surface area contributed by atoms with E-state index in [1.807, 2.05) is 18.6 Å². The largest absolute Gasteiger partial charge is 0.355 e. The van der Waals surface area contributed by atoms with E-state index in [2.05, 4.69) is 36.8 Å². The highest BCUT2D eigenvalue weighted by Gasteiger charge is 2.44. The molecule has 1 aliphatic carbocycles. The summed E-state index contributed by atoms with van der Waals surface area (Å²) in [7, 11) is 2.16. The van der Waals surface area contributed by atoms with Crippen LogP contribution in [0.2, 0.25) is 0 Å². The standard InChI is InChI=1S/C17H22N6/c1-22(17-8-18-4-5-21-17)16-3-2-14-10-23(11-15(14)16)9-13-6-19-12-20-7-13/h4-8,12,14-16H,2-3,9-11H2,1H3/t14-,15+,16-/m1/s1. The fourth-order valence-corrected chi connectivity index (χ4v) is 4.25. The average Bonchev–Trinajstić information content (AvgIpc) is 3.16. The Balaban J connectivity index is 1.43. The van der Waals surface area contributed by atoms with Crippen LogP contribution in [0.1, 0.15) is 18.4 Å². The van der Waals surface area contributed by atoms with Crippen molar-refractivity contribution < 1.29 is 0 Å². The van der Waals surface area contributed by atoms with E-state index in [0.29, 0.717) is 12.0 Å². The predicted molar refractivity (Wildman–Crippen MR) is 87.7 cm³/mol. The number of fused-ring (bicyclic) bond motifs is 1. The van der Waals surface area contributed by atoms with Gasteiger partial charge in [0.25, 0.3) is 0 Å². The lowest BCUT2D eigenvalue weighted by Gasteiger charge is -2.30. The van der Waals surface area contributed by atoms with Gasteiger partial charge in [-0.25, -0.2) is 15.0 Å². The highest BCUT2D eigenvalue weighted by Crippen LogP contribution is 2.41. The Labute approximate surface area is 136 Å². The number of nitrogens with zero attached hydrogens (tertiary/aromatic N) is 6. The molecule has 120 valence electrons. The van der Waals surface area contributed by atoms with E-state index in [-0.39, 0.29) is 0 Å². The fraction of sp³-hybridized carbons (Fsp3) is 0.529. The molecule has 3 heterocycles. The predicted octanol–water partition coefficient (Wildman–Crippen LogP) is 1.61. The molecule has 1 aliphatic heterocycles. The van der Waals surface area contributed by atoms with Crippen molar-refractivity contribution in [2.24, 2.45) is 11.8 Å². The third-order valence-corrected chi connectivity index (χ3v) is 5.32. The Morgan fingerprint density at radius 3 is 2.74 bits per heavy atom. The number of hydrogen-bond acceptors (Lipinski definition) is 6. The lowest BCUT2D eigenvalue weighted by molar-refractivity contribution is 0.296. The topological polar surface area (TPSA) is 58.0 Å². The van der Waals surface area contributed by atoms with Crippen LogP contribution in [-0.4, -0.2) is 51.0 Å². The molecule has 0 aromatic carbocycles. The van der Waals surface area contributed by atoms with Crippen molar-refractivity contribution in [3.8, 4) is 0 Å². The quantitative estimate of drug-likeness (QED) is 0.855. The minimum atomic E-state index is 0.564. The van der Waals surface area contributed by atoms with E-state index < -0.39 is 0 Å². The molecule has 0 bridgehead atoms. The highest BCUT2D eigenvalue weighted by molar-refractivity contribution is 5.36. The second-order valence-corrected chi connectivity index (χ2v) is 6.68. The van der Waals surface area contributed by atoms with Crippen LogP contribution in [0.15, 0.2) is 37.3 Å². The Hall–Kier alpha value is -2.08. The molecule has 2 fully saturated rings. The number of likely N-dealkylation sites (tertiary alicyclic amines) is 1. The molecular formula is C17H22N6. The molecule has 0 spiro atoms. The molecule has 0 radical (unpaired) electrons. The van der Waals surface area contributed by atoms with E-state index in [1.165, 1.54) is 24.9 Å². The van der Waals surface area contributed by atoms with Crippen molar-refractivity contribution in [2.45, 2.75) is 25.4 Å². The Morgan fingerprint density at radius 1 is 1.09 bits per heavy atom. The van der Waals surface area contributed by atoms with Gasteiger partial charge in [-0.15, -0.1) is 0 Å². The first-order chi connectivity index (χ1) is 11.3. The van der Waals surface area contributed by atoms with Crippen molar-refractivity contribution in [2.75, 3.05) is 25.0 Å². The molecule has 2 aromatic rings.